The van der Waals surface area contributed by atoms with Crippen LogP contribution in [0.15, 0.2) is 47.4 Å². The lowest BCUT2D eigenvalue weighted by molar-refractivity contribution is -0.115. The molecule has 22 heavy (non-hydrogen) atoms. The second-order valence-electron chi connectivity index (χ2n) is 4.87. The van der Waals surface area contributed by atoms with Gasteiger partial charge < -0.3 is 5.32 Å². The Bertz CT molecular complexity index is 802. The third-order valence-corrected chi connectivity index (χ3v) is 4.68. The summed E-state index contributed by atoms with van der Waals surface area (Å²) in [4.78, 5) is 12.1. The number of hydrogen-bond donors (Lipinski definition) is 2. The average molecular weight is 430 g/mol. The lowest BCUT2D eigenvalue weighted by atomic mass is 10.1. The van der Waals surface area contributed by atoms with Crippen molar-refractivity contribution in [2.24, 2.45) is 5.14 Å². The summed E-state index contributed by atoms with van der Waals surface area (Å²) in [6, 6.07) is 11.7. The first-order valence-electron chi connectivity index (χ1n) is 6.43. The van der Waals surface area contributed by atoms with Crippen molar-refractivity contribution >= 4 is 44.2 Å². The molecular weight excluding hydrogens is 415 g/mol. The number of halogens is 1. The highest BCUT2D eigenvalue weighted by atomic mass is 127. The molecule has 0 atom stereocenters. The Morgan fingerprint density at radius 2 is 1.82 bits per heavy atom. The first kappa shape index (κ1) is 16.9. The second kappa shape index (κ2) is 6.76. The van der Waals surface area contributed by atoms with Gasteiger partial charge in [-0.15, -0.1) is 0 Å². The topological polar surface area (TPSA) is 89.3 Å². The fraction of sp³-hybridized carbons (Fsp3) is 0.133. The number of rotatable bonds is 4. The zero-order chi connectivity index (χ0) is 16.3. The number of amides is 1. The molecule has 0 radical (unpaired) electrons. The van der Waals surface area contributed by atoms with Crippen LogP contribution in [0, 0.1) is 10.5 Å². The summed E-state index contributed by atoms with van der Waals surface area (Å²) in [6.07, 6.45) is 0.163. The van der Waals surface area contributed by atoms with E-state index in [9.17, 15) is 13.2 Å². The third-order valence-electron chi connectivity index (χ3n) is 3.08. The summed E-state index contributed by atoms with van der Waals surface area (Å²) < 4.78 is 23.4. The second-order valence-corrected chi connectivity index (χ2v) is 7.68. The van der Waals surface area contributed by atoms with Crippen LogP contribution in [0.25, 0.3) is 0 Å². The van der Waals surface area contributed by atoms with Gasteiger partial charge in [-0.2, -0.15) is 0 Å². The van der Waals surface area contributed by atoms with Crippen LogP contribution < -0.4 is 10.5 Å². The van der Waals surface area contributed by atoms with Gasteiger partial charge in [0.2, 0.25) is 15.9 Å². The molecule has 0 heterocycles. The van der Waals surface area contributed by atoms with Crippen molar-refractivity contribution in [3.05, 3.63) is 57.2 Å². The molecule has 0 saturated carbocycles. The molecule has 0 bridgehead atoms. The molecule has 2 rings (SSSR count). The zero-order valence-corrected chi connectivity index (χ0v) is 14.8. The van der Waals surface area contributed by atoms with Crippen molar-refractivity contribution in [3.8, 4) is 0 Å². The van der Waals surface area contributed by atoms with Gasteiger partial charge in [0.1, 0.15) is 0 Å². The van der Waals surface area contributed by atoms with Crippen LogP contribution >= 0.6 is 22.6 Å². The van der Waals surface area contributed by atoms with E-state index in [1.54, 1.807) is 12.1 Å². The van der Waals surface area contributed by atoms with E-state index in [2.05, 4.69) is 27.9 Å². The largest absolute Gasteiger partial charge is 0.326 e. The lowest BCUT2D eigenvalue weighted by Crippen LogP contribution is -2.15. The maximum absolute atomic E-state index is 12.0. The summed E-state index contributed by atoms with van der Waals surface area (Å²) in [7, 11) is -3.71. The minimum absolute atomic E-state index is 0.0325. The molecule has 2 aromatic rings. The molecule has 0 aromatic heterocycles. The van der Waals surface area contributed by atoms with Gasteiger partial charge in [-0.05, 0) is 71.0 Å². The Morgan fingerprint density at radius 3 is 2.36 bits per heavy atom. The fourth-order valence-electron chi connectivity index (χ4n) is 1.94. The predicted octanol–water partition coefficient (Wildman–Crippen LogP) is 2.43. The highest BCUT2D eigenvalue weighted by Crippen LogP contribution is 2.18. The molecule has 0 spiro atoms. The summed E-state index contributed by atoms with van der Waals surface area (Å²) in [5, 5.41) is 7.88. The predicted molar refractivity (Wildman–Crippen MR) is 94.0 cm³/mol. The quantitative estimate of drug-likeness (QED) is 0.731. The van der Waals surface area contributed by atoms with Crippen LogP contribution in [0.1, 0.15) is 11.1 Å². The standard InChI is InChI=1S/C15H15IN2O3S/c1-10-8-12(16)4-7-14(10)18-15(19)9-11-2-5-13(6-3-11)22(17,20)21/h2-8H,9H2,1H3,(H,18,19)(H2,17,20,21). The Morgan fingerprint density at radius 1 is 1.18 bits per heavy atom. The van der Waals surface area contributed by atoms with Gasteiger partial charge >= 0.3 is 0 Å². The first-order chi connectivity index (χ1) is 10.3. The zero-order valence-electron chi connectivity index (χ0n) is 11.8. The molecule has 3 N–H and O–H groups in total. The van der Waals surface area contributed by atoms with Gasteiger partial charge in [0.05, 0.1) is 11.3 Å². The van der Waals surface area contributed by atoms with Crippen molar-refractivity contribution in [1.82, 2.24) is 0 Å². The van der Waals surface area contributed by atoms with Crippen molar-refractivity contribution in [1.29, 1.82) is 0 Å². The molecule has 5 nitrogen and oxygen atoms in total. The average Bonchev–Trinajstić information content (AvgIpc) is 2.41. The Balaban J connectivity index is 2.06. The van der Waals surface area contributed by atoms with Crippen LogP contribution in [0.3, 0.4) is 0 Å². The smallest absolute Gasteiger partial charge is 0.238 e. The first-order valence-corrected chi connectivity index (χ1v) is 9.06. The number of benzene rings is 2. The summed E-state index contributed by atoms with van der Waals surface area (Å²) in [6.45, 7) is 1.93. The molecule has 2 aromatic carbocycles. The Kier molecular flexibility index (Phi) is 5.20. The fourth-order valence-corrected chi connectivity index (χ4v) is 3.11. The number of hydrogen-bond acceptors (Lipinski definition) is 3. The molecule has 0 saturated heterocycles. The highest BCUT2D eigenvalue weighted by molar-refractivity contribution is 14.1. The molecule has 116 valence electrons. The van der Waals surface area contributed by atoms with Gasteiger partial charge in [-0.25, -0.2) is 13.6 Å². The van der Waals surface area contributed by atoms with E-state index >= 15 is 0 Å². The van der Waals surface area contributed by atoms with E-state index in [0.29, 0.717) is 5.56 Å². The van der Waals surface area contributed by atoms with Gasteiger partial charge in [0.25, 0.3) is 0 Å². The molecular formula is C15H15IN2O3S. The van der Waals surface area contributed by atoms with Crippen molar-refractivity contribution in [2.45, 2.75) is 18.2 Å². The number of sulfonamides is 1. The van der Waals surface area contributed by atoms with Crippen molar-refractivity contribution in [3.63, 3.8) is 0 Å². The molecule has 0 fully saturated rings. The number of carbonyl (C=O) groups excluding carboxylic acids is 1. The van der Waals surface area contributed by atoms with Crippen molar-refractivity contribution in [2.75, 3.05) is 5.32 Å². The molecule has 0 unspecified atom stereocenters. The van der Waals surface area contributed by atoms with Crippen LogP contribution in [0.2, 0.25) is 0 Å². The van der Waals surface area contributed by atoms with E-state index < -0.39 is 10.0 Å². The number of aryl methyl sites for hydroxylation is 1. The number of nitrogens with two attached hydrogens (primary N) is 1. The summed E-state index contributed by atoms with van der Waals surface area (Å²) in [5.41, 5.74) is 2.48. The minimum Gasteiger partial charge on any atom is -0.326 e. The van der Waals surface area contributed by atoms with E-state index in [4.69, 9.17) is 5.14 Å². The number of anilines is 1. The number of nitrogens with one attached hydrogen (secondary N) is 1. The van der Waals surface area contributed by atoms with Crippen molar-refractivity contribution < 1.29 is 13.2 Å². The normalized spacial score (nSPS) is 11.2. The van der Waals surface area contributed by atoms with Gasteiger partial charge in [-0.3, -0.25) is 4.79 Å². The van der Waals surface area contributed by atoms with Crippen LogP contribution in [-0.4, -0.2) is 14.3 Å². The van der Waals surface area contributed by atoms with Gasteiger partial charge in [-0.1, -0.05) is 12.1 Å². The molecule has 0 aliphatic rings. The summed E-state index contributed by atoms with van der Waals surface area (Å²) >= 11 is 2.21. The maximum Gasteiger partial charge on any atom is 0.238 e. The van der Waals surface area contributed by atoms with Gasteiger partial charge in [0, 0.05) is 9.26 Å². The third kappa shape index (κ3) is 4.52. The Hall–Kier alpha value is -1.45. The van der Waals surface area contributed by atoms with Crippen LogP contribution in [-0.2, 0) is 21.2 Å². The van der Waals surface area contributed by atoms with Gasteiger partial charge in [0.15, 0.2) is 0 Å². The molecule has 0 aliphatic carbocycles. The van der Waals surface area contributed by atoms with Crippen LogP contribution in [0.4, 0.5) is 5.69 Å². The van der Waals surface area contributed by atoms with E-state index in [1.165, 1.54) is 12.1 Å². The Labute approximate surface area is 143 Å². The highest BCUT2D eigenvalue weighted by Gasteiger charge is 2.09. The molecule has 0 aliphatic heterocycles. The maximum atomic E-state index is 12.0. The van der Waals surface area contributed by atoms with E-state index in [0.717, 1.165) is 14.8 Å². The van der Waals surface area contributed by atoms with E-state index in [-0.39, 0.29) is 17.2 Å². The molecule has 1 amide bonds. The summed E-state index contributed by atoms with van der Waals surface area (Å²) in [5.74, 6) is -0.160. The monoisotopic (exact) mass is 430 g/mol. The minimum atomic E-state index is -3.71. The SMILES string of the molecule is Cc1cc(I)ccc1NC(=O)Cc1ccc(S(N)(=O)=O)cc1. The number of primary sulfonamides is 1. The van der Waals surface area contributed by atoms with Crippen LogP contribution in [0.5, 0.6) is 0 Å². The molecule has 7 heteroatoms. The lowest BCUT2D eigenvalue weighted by Gasteiger charge is -2.09. The number of carbonyl (C=O) groups is 1. The van der Waals surface area contributed by atoms with E-state index in [1.807, 2.05) is 25.1 Å².